The Morgan fingerprint density at radius 3 is 2.49 bits per heavy atom. The summed E-state index contributed by atoms with van der Waals surface area (Å²) in [4.78, 5) is 40.7. The first-order chi connectivity index (χ1) is 17.8. The van der Waals surface area contributed by atoms with Gasteiger partial charge in [0.25, 0.3) is 5.91 Å². The third-order valence-electron chi connectivity index (χ3n) is 6.29. The van der Waals surface area contributed by atoms with Crippen molar-refractivity contribution in [2.75, 3.05) is 11.5 Å². The summed E-state index contributed by atoms with van der Waals surface area (Å²) < 4.78 is 11.7. The number of carbonyl (C=O) groups excluding carboxylic acids is 3. The summed E-state index contributed by atoms with van der Waals surface area (Å²) in [5.41, 5.74) is 2.68. The van der Waals surface area contributed by atoms with Crippen molar-refractivity contribution < 1.29 is 28.6 Å². The number of carbonyl (C=O) groups is 3. The summed E-state index contributed by atoms with van der Waals surface area (Å²) >= 11 is 3.41. The third kappa shape index (κ3) is 4.34. The van der Waals surface area contributed by atoms with Crippen LogP contribution < -0.4 is 4.90 Å². The quantitative estimate of drug-likeness (QED) is 0.215. The molecule has 4 aromatic rings. The second kappa shape index (κ2) is 9.71. The van der Waals surface area contributed by atoms with Gasteiger partial charge in [-0.25, -0.2) is 4.79 Å². The van der Waals surface area contributed by atoms with Gasteiger partial charge in [0.1, 0.15) is 5.58 Å². The molecule has 1 atom stereocenters. The number of benzene rings is 3. The van der Waals surface area contributed by atoms with Gasteiger partial charge >= 0.3 is 5.97 Å². The van der Waals surface area contributed by atoms with Gasteiger partial charge in [-0.2, -0.15) is 0 Å². The number of Topliss-reactive ketones (excluding diaryl/α,β-unsaturated/α-hetero) is 1. The van der Waals surface area contributed by atoms with Crippen LogP contribution in [0, 0.1) is 6.92 Å². The molecule has 186 valence electrons. The minimum atomic E-state index is -0.908. The molecule has 1 aromatic heterocycles. The minimum Gasteiger partial charge on any atom is -0.503 e. The molecule has 0 spiro atoms. The van der Waals surface area contributed by atoms with Gasteiger partial charge in [-0.15, -0.1) is 0 Å². The van der Waals surface area contributed by atoms with Crippen LogP contribution in [0.2, 0.25) is 0 Å². The topological polar surface area (TPSA) is 97.0 Å². The van der Waals surface area contributed by atoms with E-state index < -0.39 is 29.5 Å². The summed E-state index contributed by atoms with van der Waals surface area (Å²) in [7, 11) is 0. The van der Waals surface area contributed by atoms with Crippen LogP contribution in [-0.4, -0.2) is 29.4 Å². The van der Waals surface area contributed by atoms with Gasteiger partial charge < -0.3 is 14.3 Å². The lowest BCUT2D eigenvalue weighted by atomic mass is 9.92. The molecule has 1 N–H and O–H groups in total. The fourth-order valence-electron chi connectivity index (χ4n) is 4.52. The number of aryl methyl sites for hydroxylation is 1. The van der Waals surface area contributed by atoms with E-state index in [4.69, 9.17) is 9.15 Å². The minimum absolute atomic E-state index is 0.0144. The fourth-order valence-corrected chi connectivity index (χ4v) is 4.90. The number of halogens is 1. The smallest absolute Gasteiger partial charge is 0.338 e. The molecule has 3 aromatic carbocycles. The zero-order chi connectivity index (χ0) is 26.3. The Morgan fingerprint density at radius 2 is 1.78 bits per heavy atom. The Morgan fingerprint density at radius 1 is 1.05 bits per heavy atom. The Balaban J connectivity index is 1.61. The number of aliphatic hydroxyl groups excluding tert-OH is 1. The number of ketones is 1. The Hall–Kier alpha value is -4.17. The largest absolute Gasteiger partial charge is 0.503 e. The second-order valence-electron chi connectivity index (χ2n) is 8.59. The Kier molecular flexibility index (Phi) is 6.43. The second-order valence-corrected chi connectivity index (χ2v) is 9.50. The van der Waals surface area contributed by atoms with Crippen molar-refractivity contribution in [1.29, 1.82) is 0 Å². The summed E-state index contributed by atoms with van der Waals surface area (Å²) in [6.45, 7) is 3.83. The van der Waals surface area contributed by atoms with Crippen molar-refractivity contribution in [3.05, 3.63) is 111 Å². The van der Waals surface area contributed by atoms with E-state index in [0.717, 1.165) is 10.0 Å². The highest BCUT2D eigenvalue weighted by Gasteiger charge is 2.45. The molecule has 0 saturated heterocycles. The molecule has 0 bridgehead atoms. The monoisotopic (exact) mass is 559 g/mol. The molecular formula is C29H22BrNO6. The standard InChI is InChI=1S/C29H22BrNO6/c1-3-36-29(35)17-8-11-20(12-9-17)31-25(21-7-5-4-6-16(21)2)24(27(33)28(31)34)26(32)23-15-18-14-19(30)10-13-22(18)37-23/h4-15,25,33H,3H2,1-2H3. The number of anilines is 1. The van der Waals surface area contributed by atoms with Gasteiger partial charge in [0.2, 0.25) is 5.78 Å². The van der Waals surface area contributed by atoms with Crippen LogP contribution in [0.15, 0.2) is 93.0 Å². The van der Waals surface area contributed by atoms with Crippen LogP contribution >= 0.6 is 15.9 Å². The predicted octanol–water partition coefficient (Wildman–Crippen LogP) is 6.46. The first kappa shape index (κ1) is 24.5. The SMILES string of the molecule is CCOC(=O)c1ccc(N2C(=O)C(O)=C(C(=O)c3cc4cc(Br)ccc4o3)C2c2ccccc2C)cc1. The molecule has 0 aliphatic carbocycles. The van der Waals surface area contributed by atoms with E-state index in [-0.39, 0.29) is 17.9 Å². The van der Waals surface area contributed by atoms with E-state index in [0.29, 0.717) is 27.8 Å². The average molecular weight is 560 g/mol. The van der Waals surface area contributed by atoms with E-state index in [1.165, 1.54) is 4.90 Å². The van der Waals surface area contributed by atoms with Crippen molar-refractivity contribution in [3.8, 4) is 0 Å². The highest BCUT2D eigenvalue weighted by atomic mass is 79.9. The van der Waals surface area contributed by atoms with Crippen LogP contribution in [0.4, 0.5) is 5.69 Å². The van der Waals surface area contributed by atoms with Gasteiger partial charge in [-0.1, -0.05) is 40.2 Å². The molecule has 5 rings (SSSR count). The summed E-state index contributed by atoms with van der Waals surface area (Å²) in [5.74, 6) is -2.42. The van der Waals surface area contributed by atoms with E-state index in [9.17, 15) is 19.5 Å². The molecule has 1 aliphatic rings. The number of rotatable bonds is 6. The van der Waals surface area contributed by atoms with Gasteiger partial charge in [0.15, 0.2) is 11.5 Å². The number of amides is 1. The molecule has 1 aliphatic heterocycles. The van der Waals surface area contributed by atoms with Crippen molar-refractivity contribution in [1.82, 2.24) is 0 Å². The number of ether oxygens (including phenoxy) is 1. The van der Waals surface area contributed by atoms with Crippen molar-refractivity contribution >= 4 is 50.2 Å². The highest BCUT2D eigenvalue weighted by molar-refractivity contribution is 9.10. The molecule has 0 radical (unpaired) electrons. The maximum absolute atomic E-state index is 13.8. The van der Waals surface area contributed by atoms with Gasteiger partial charge in [0, 0.05) is 15.5 Å². The summed E-state index contributed by atoms with van der Waals surface area (Å²) in [6.07, 6.45) is 0. The number of hydrogen-bond acceptors (Lipinski definition) is 6. The maximum atomic E-state index is 13.8. The lowest BCUT2D eigenvalue weighted by molar-refractivity contribution is -0.117. The van der Waals surface area contributed by atoms with Crippen LogP contribution in [0.3, 0.4) is 0 Å². The van der Waals surface area contributed by atoms with Gasteiger partial charge in [0.05, 0.1) is 23.8 Å². The zero-order valence-corrected chi connectivity index (χ0v) is 21.6. The van der Waals surface area contributed by atoms with Crippen LogP contribution in [0.25, 0.3) is 11.0 Å². The predicted molar refractivity (Wildman–Crippen MR) is 142 cm³/mol. The fraction of sp³-hybridized carbons (Fsp3) is 0.138. The van der Waals surface area contributed by atoms with Gasteiger partial charge in [-0.3, -0.25) is 14.5 Å². The van der Waals surface area contributed by atoms with Crippen molar-refractivity contribution in [3.63, 3.8) is 0 Å². The number of fused-ring (bicyclic) bond motifs is 1. The number of furan rings is 1. The Labute approximate surface area is 221 Å². The lowest BCUT2D eigenvalue weighted by Crippen LogP contribution is -2.31. The number of esters is 1. The number of hydrogen-bond donors (Lipinski definition) is 1. The molecule has 37 heavy (non-hydrogen) atoms. The van der Waals surface area contributed by atoms with Gasteiger partial charge in [-0.05, 0) is 73.5 Å². The molecule has 8 heteroatoms. The van der Waals surface area contributed by atoms with E-state index in [1.54, 1.807) is 49.4 Å². The summed E-state index contributed by atoms with van der Waals surface area (Å²) in [6, 6.07) is 19.7. The van der Waals surface area contributed by atoms with E-state index in [1.807, 2.05) is 37.3 Å². The molecule has 2 heterocycles. The molecule has 1 unspecified atom stereocenters. The Bertz CT molecular complexity index is 1580. The molecule has 0 fully saturated rings. The lowest BCUT2D eigenvalue weighted by Gasteiger charge is -2.28. The number of nitrogens with zero attached hydrogens (tertiary/aromatic N) is 1. The highest BCUT2D eigenvalue weighted by Crippen LogP contribution is 2.43. The van der Waals surface area contributed by atoms with Crippen molar-refractivity contribution in [2.45, 2.75) is 19.9 Å². The molecule has 1 amide bonds. The first-order valence-corrected chi connectivity index (χ1v) is 12.4. The summed E-state index contributed by atoms with van der Waals surface area (Å²) in [5, 5.41) is 11.7. The van der Waals surface area contributed by atoms with E-state index >= 15 is 0 Å². The molecular weight excluding hydrogens is 538 g/mol. The van der Waals surface area contributed by atoms with Crippen LogP contribution in [0.5, 0.6) is 0 Å². The average Bonchev–Trinajstić information content (AvgIpc) is 3.42. The normalized spacial score (nSPS) is 15.5. The first-order valence-electron chi connectivity index (χ1n) is 11.6. The maximum Gasteiger partial charge on any atom is 0.338 e. The van der Waals surface area contributed by atoms with Crippen molar-refractivity contribution in [2.24, 2.45) is 0 Å². The molecule has 0 saturated carbocycles. The number of aliphatic hydroxyl groups is 1. The third-order valence-corrected chi connectivity index (χ3v) is 6.79. The zero-order valence-electron chi connectivity index (χ0n) is 20.0. The van der Waals surface area contributed by atoms with E-state index in [2.05, 4.69) is 15.9 Å². The molecule has 7 nitrogen and oxygen atoms in total. The van der Waals surface area contributed by atoms with Crippen LogP contribution in [-0.2, 0) is 9.53 Å². The van der Waals surface area contributed by atoms with Crippen LogP contribution in [0.1, 0.15) is 45.0 Å².